The van der Waals surface area contributed by atoms with Crippen molar-refractivity contribution in [2.45, 2.75) is 451 Å². The molecule has 0 saturated carbocycles. The first-order chi connectivity index (χ1) is 48.5. The van der Waals surface area contributed by atoms with Crippen molar-refractivity contribution in [2.24, 2.45) is 5.92 Å². The minimum absolute atomic E-state index is 0.107. The first kappa shape index (κ1) is 98.1. The van der Waals surface area contributed by atoms with E-state index in [2.05, 4.69) is 34.6 Å². The van der Waals surface area contributed by atoms with E-state index in [1.807, 2.05) is 0 Å². The van der Waals surface area contributed by atoms with E-state index >= 15 is 0 Å². The topological polar surface area (TPSA) is 237 Å². The highest BCUT2D eigenvalue weighted by Crippen LogP contribution is 2.45. The summed E-state index contributed by atoms with van der Waals surface area (Å²) in [5.74, 6) is -1.40. The quantitative estimate of drug-likeness (QED) is 0.0222. The second kappa shape index (κ2) is 73.9. The normalized spacial score (nSPS) is 13.8. The molecule has 5 atom stereocenters. The van der Waals surface area contributed by atoms with Crippen LogP contribution in [0.25, 0.3) is 0 Å². The fourth-order valence-corrected chi connectivity index (χ4v) is 14.2. The highest BCUT2D eigenvalue weighted by atomic mass is 31.2. The third-order valence-corrected chi connectivity index (χ3v) is 20.9. The molecule has 0 heterocycles. The van der Waals surface area contributed by atoms with Crippen molar-refractivity contribution in [2.75, 3.05) is 39.6 Å². The van der Waals surface area contributed by atoms with E-state index < -0.39 is 97.5 Å². The van der Waals surface area contributed by atoms with Crippen LogP contribution < -0.4 is 0 Å². The Morgan fingerprint density at radius 1 is 0.270 bits per heavy atom. The maximum absolute atomic E-state index is 13.1. The van der Waals surface area contributed by atoms with Crippen LogP contribution in [0.15, 0.2) is 0 Å². The Morgan fingerprint density at radius 2 is 0.460 bits per heavy atom. The van der Waals surface area contributed by atoms with E-state index in [1.54, 1.807) is 0 Å². The zero-order valence-electron chi connectivity index (χ0n) is 65.3. The summed E-state index contributed by atoms with van der Waals surface area (Å²) in [5, 5.41) is 10.6. The third-order valence-electron chi connectivity index (χ3n) is 19.0. The summed E-state index contributed by atoms with van der Waals surface area (Å²) < 4.78 is 68.7. The number of esters is 4. The number of hydrogen-bond acceptors (Lipinski definition) is 15. The molecule has 0 aromatic rings. The highest BCUT2D eigenvalue weighted by Gasteiger charge is 2.30. The molecule has 0 aromatic carbocycles. The summed E-state index contributed by atoms with van der Waals surface area (Å²) in [4.78, 5) is 73.0. The zero-order valence-corrected chi connectivity index (χ0v) is 67.1. The van der Waals surface area contributed by atoms with Crippen molar-refractivity contribution in [1.29, 1.82) is 0 Å². The van der Waals surface area contributed by atoms with Gasteiger partial charge in [0.15, 0.2) is 12.2 Å². The van der Waals surface area contributed by atoms with Crippen molar-refractivity contribution in [3.8, 4) is 0 Å². The Kier molecular flexibility index (Phi) is 72.5. The number of hydrogen-bond donors (Lipinski definition) is 3. The molecule has 0 spiro atoms. The number of rotatable bonds is 81. The molecule has 0 rings (SSSR count). The molecule has 0 aliphatic heterocycles. The van der Waals surface area contributed by atoms with Crippen LogP contribution in [0.3, 0.4) is 0 Å². The van der Waals surface area contributed by atoms with Gasteiger partial charge >= 0.3 is 39.5 Å². The highest BCUT2D eigenvalue weighted by molar-refractivity contribution is 7.47. The van der Waals surface area contributed by atoms with Gasteiger partial charge in [0.2, 0.25) is 0 Å². The number of ether oxygens (including phenoxy) is 4. The van der Waals surface area contributed by atoms with Crippen LogP contribution in [0.2, 0.25) is 0 Å². The molecular formula is C81H158O17P2. The van der Waals surface area contributed by atoms with Gasteiger partial charge in [-0.1, -0.05) is 381 Å². The molecule has 3 N–H and O–H groups in total. The van der Waals surface area contributed by atoms with Gasteiger partial charge in [-0.05, 0) is 31.6 Å². The fraction of sp³-hybridized carbons (Fsp3) is 0.951. The molecule has 0 saturated heterocycles. The number of phosphoric acid groups is 2. The maximum Gasteiger partial charge on any atom is 0.472 e. The van der Waals surface area contributed by atoms with Crippen LogP contribution in [0.5, 0.6) is 0 Å². The summed E-state index contributed by atoms with van der Waals surface area (Å²) in [6, 6.07) is 0. The summed E-state index contributed by atoms with van der Waals surface area (Å²) in [6.07, 6.45) is 65.4. The van der Waals surface area contributed by atoms with E-state index in [0.29, 0.717) is 31.6 Å². The second-order valence-electron chi connectivity index (χ2n) is 29.6. The standard InChI is InChI=1S/C81H158O17P2/c1-6-9-12-15-18-21-24-27-29-30-31-32-33-34-35-37-40-43-46-51-57-62-67-81(86)97-76(70-91-78(83)64-59-54-49-44-41-39-36-28-25-22-19-16-13-10-7-2)72-95-99(87,88)93-68-75(82)69-94-100(89,90)96-73-77(71-92-79(84)65-60-55-52-47-48-53-58-63-74(4)5)98-80(85)66-61-56-50-45-42-38-26-23-20-17-14-11-8-3/h74-77,82H,6-73H2,1-5H3,(H,87,88)(H,89,90)/t75-,76-,77-/m1/s1. The molecular weight excluding hydrogens is 1310 g/mol. The van der Waals surface area contributed by atoms with E-state index in [4.69, 9.17) is 37.0 Å². The third kappa shape index (κ3) is 74.3. The Morgan fingerprint density at radius 3 is 0.680 bits per heavy atom. The van der Waals surface area contributed by atoms with Crippen molar-refractivity contribution < 1.29 is 80.2 Å². The fourth-order valence-electron chi connectivity index (χ4n) is 12.6. The van der Waals surface area contributed by atoms with Gasteiger partial charge in [-0.3, -0.25) is 37.3 Å². The van der Waals surface area contributed by atoms with Crippen LogP contribution in [0.4, 0.5) is 0 Å². The van der Waals surface area contributed by atoms with E-state index in [9.17, 15) is 43.2 Å². The molecule has 0 bridgehead atoms. The average Bonchev–Trinajstić information content (AvgIpc) is 1.49. The average molecular weight is 1470 g/mol. The number of unbranched alkanes of at least 4 members (excludes halogenated alkanes) is 53. The summed E-state index contributed by atoms with van der Waals surface area (Å²) >= 11 is 0. The number of carbonyl (C=O) groups excluding carboxylic acids is 4. The van der Waals surface area contributed by atoms with Gasteiger partial charge in [0.05, 0.1) is 26.4 Å². The van der Waals surface area contributed by atoms with Gasteiger partial charge < -0.3 is 33.8 Å². The number of phosphoric ester groups is 2. The lowest BCUT2D eigenvalue weighted by atomic mass is 10.0. The van der Waals surface area contributed by atoms with Crippen molar-refractivity contribution in [1.82, 2.24) is 0 Å². The van der Waals surface area contributed by atoms with Crippen LogP contribution in [0, 0.1) is 5.92 Å². The van der Waals surface area contributed by atoms with Crippen molar-refractivity contribution in [3.05, 3.63) is 0 Å². The van der Waals surface area contributed by atoms with Gasteiger partial charge in [0, 0.05) is 25.7 Å². The predicted molar refractivity (Wildman–Crippen MR) is 409 cm³/mol. The Hall–Kier alpha value is -1.94. The van der Waals surface area contributed by atoms with Gasteiger partial charge in [-0.2, -0.15) is 0 Å². The van der Waals surface area contributed by atoms with Gasteiger partial charge in [0.1, 0.15) is 19.3 Å². The molecule has 594 valence electrons. The minimum Gasteiger partial charge on any atom is -0.462 e. The SMILES string of the molecule is CCCCCCCCCCCCCCCCCCCCCCCCC(=O)O[C@H](COC(=O)CCCCCCCCCCCCCCCCC)COP(=O)(O)OC[C@@H](O)COP(=O)(O)OC[C@@H](COC(=O)CCCCCCCCCC(C)C)OC(=O)CCCCCCCCCCCCCCC. The number of carbonyl (C=O) groups is 4. The molecule has 0 aliphatic carbocycles. The molecule has 0 aromatic heterocycles. The molecule has 2 unspecified atom stereocenters. The monoisotopic (exact) mass is 1470 g/mol. The summed E-state index contributed by atoms with van der Waals surface area (Å²) in [7, 11) is -9.92. The van der Waals surface area contributed by atoms with Crippen molar-refractivity contribution in [3.63, 3.8) is 0 Å². The van der Waals surface area contributed by atoms with Crippen LogP contribution in [-0.4, -0.2) is 96.7 Å². The Labute approximate surface area is 613 Å². The maximum atomic E-state index is 13.1. The van der Waals surface area contributed by atoms with Crippen LogP contribution in [0.1, 0.15) is 433 Å². The van der Waals surface area contributed by atoms with Gasteiger partial charge in [-0.25, -0.2) is 9.13 Å². The summed E-state index contributed by atoms with van der Waals surface area (Å²) in [5.41, 5.74) is 0. The van der Waals surface area contributed by atoms with Gasteiger partial charge in [-0.15, -0.1) is 0 Å². The van der Waals surface area contributed by atoms with Gasteiger partial charge in [0.25, 0.3) is 0 Å². The number of aliphatic hydroxyl groups excluding tert-OH is 1. The Bertz CT molecular complexity index is 1910. The molecule has 100 heavy (non-hydrogen) atoms. The molecule has 0 aliphatic rings. The lowest BCUT2D eigenvalue weighted by molar-refractivity contribution is -0.161. The van der Waals surface area contributed by atoms with E-state index in [0.717, 1.165) is 96.3 Å². The molecule has 0 fully saturated rings. The molecule has 19 heteroatoms. The lowest BCUT2D eigenvalue weighted by Crippen LogP contribution is -2.30. The minimum atomic E-state index is -4.96. The first-order valence-corrected chi connectivity index (χ1v) is 45.1. The van der Waals surface area contributed by atoms with Crippen LogP contribution >= 0.6 is 15.6 Å². The van der Waals surface area contributed by atoms with E-state index in [-0.39, 0.29) is 25.7 Å². The molecule has 0 radical (unpaired) electrons. The molecule has 17 nitrogen and oxygen atoms in total. The Balaban J connectivity index is 5.20. The lowest BCUT2D eigenvalue weighted by Gasteiger charge is -2.21. The molecule has 0 amide bonds. The second-order valence-corrected chi connectivity index (χ2v) is 32.5. The first-order valence-electron chi connectivity index (χ1n) is 42.1. The number of aliphatic hydroxyl groups is 1. The smallest absolute Gasteiger partial charge is 0.462 e. The largest absolute Gasteiger partial charge is 0.472 e. The predicted octanol–water partition coefficient (Wildman–Crippen LogP) is 24.4. The van der Waals surface area contributed by atoms with Crippen molar-refractivity contribution >= 4 is 39.5 Å². The van der Waals surface area contributed by atoms with E-state index in [1.165, 1.54) is 250 Å². The summed E-state index contributed by atoms with van der Waals surface area (Å²) in [6.45, 7) is 7.27. The van der Waals surface area contributed by atoms with Crippen LogP contribution in [-0.2, 0) is 65.4 Å². The zero-order chi connectivity index (χ0) is 73.4.